The Labute approximate surface area is 172 Å². The highest BCUT2D eigenvalue weighted by atomic mass is 79.9. The number of benzene rings is 3. The Hall–Kier alpha value is -1.88. The topological polar surface area (TPSA) is 21.3 Å². The van der Waals surface area contributed by atoms with Crippen molar-refractivity contribution in [2.24, 2.45) is 0 Å². The molecule has 3 aromatic rings. The third kappa shape index (κ3) is 6.06. The number of rotatable bonds is 8. The molecule has 0 amide bonds. The molecule has 0 bridgehead atoms. The lowest BCUT2D eigenvalue weighted by Gasteiger charge is -2.13. The van der Waals surface area contributed by atoms with Gasteiger partial charge in [0.2, 0.25) is 0 Å². The van der Waals surface area contributed by atoms with E-state index in [1.807, 2.05) is 54.6 Å². The number of ether oxygens (including phenoxy) is 1. The molecule has 1 N–H and O–H groups in total. The summed E-state index contributed by atoms with van der Waals surface area (Å²) >= 11 is 9.53. The number of hydrogen-bond acceptors (Lipinski definition) is 2. The van der Waals surface area contributed by atoms with Crippen molar-refractivity contribution in [3.05, 3.63) is 98.7 Å². The van der Waals surface area contributed by atoms with Gasteiger partial charge in [-0.2, -0.15) is 0 Å². The maximum atomic E-state index is 13.7. The quantitative estimate of drug-likeness (QED) is 0.417. The summed E-state index contributed by atoms with van der Waals surface area (Å²) in [6.07, 6.45) is 0.638. The van der Waals surface area contributed by atoms with Crippen molar-refractivity contribution in [2.75, 3.05) is 6.54 Å². The molecule has 27 heavy (non-hydrogen) atoms. The van der Waals surface area contributed by atoms with Gasteiger partial charge in [0.25, 0.3) is 0 Å². The summed E-state index contributed by atoms with van der Waals surface area (Å²) in [4.78, 5) is 0. The van der Waals surface area contributed by atoms with Gasteiger partial charge in [0.15, 0.2) is 0 Å². The molecule has 5 heteroatoms. The molecule has 0 spiro atoms. The van der Waals surface area contributed by atoms with Gasteiger partial charge < -0.3 is 10.1 Å². The van der Waals surface area contributed by atoms with E-state index in [-0.39, 0.29) is 5.82 Å². The van der Waals surface area contributed by atoms with Crippen LogP contribution in [0.2, 0.25) is 5.02 Å². The van der Waals surface area contributed by atoms with Crippen LogP contribution in [0, 0.1) is 5.82 Å². The van der Waals surface area contributed by atoms with Gasteiger partial charge in [0, 0.05) is 21.6 Å². The molecule has 0 aliphatic carbocycles. The van der Waals surface area contributed by atoms with Crippen molar-refractivity contribution in [2.45, 2.75) is 19.6 Å². The average Bonchev–Trinajstić information content (AvgIpc) is 2.66. The summed E-state index contributed by atoms with van der Waals surface area (Å²) < 4.78 is 20.7. The van der Waals surface area contributed by atoms with Crippen LogP contribution < -0.4 is 10.1 Å². The summed E-state index contributed by atoms with van der Waals surface area (Å²) in [5, 5.41) is 4.06. The summed E-state index contributed by atoms with van der Waals surface area (Å²) in [5.41, 5.74) is 2.78. The van der Waals surface area contributed by atoms with E-state index in [9.17, 15) is 4.39 Å². The molecule has 0 fully saturated rings. The largest absolute Gasteiger partial charge is 0.489 e. The van der Waals surface area contributed by atoms with Crippen LogP contribution in [0.1, 0.15) is 16.7 Å². The minimum Gasteiger partial charge on any atom is -0.489 e. The second-order valence-electron chi connectivity index (χ2n) is 6.19. The van der Waals surface area contributed by atoms with E-state index in [0.717, 1.165) is 26.9 Å². The third-order valence-electron chi connectivity index (χ3n) is 4.15. The Balaban J connectivity index is 1.58. The van der Waals surface area contributed by atoms with Crippen LogP contribution >= 0.6 is 27.5 Å². The lowest BCUT2D eigenvalue weighted by Crippen LogP contribution is -2.17. The highest BCUT2D eigenvalue weighted by Gasteiger charge is 2.06. The molecule has 0 aliphatic heterocycles. The summed E-state index contributed by atoms with van der Waals surface area (Å²) in [5.74, 6) is 0.656. The SMILES string of the molecule is Fc1ccccc1CCNCc1cc(Br)ccc1OCc1cccc(Cl)c1. The molecule has 0 aromatic heterocycles. The standard InChI is InChI=1S/C22H20BrClFNO/c23-19-8-9-22(27-15-16-4-3-6-20(24)12-16)18(13-19)14-26-11-10-17-5-1-2-7-21(17)25/h1-9,12-13,26H,10-11,14-15H2. The first-order valence-corrected chi connectivity index (χ1v) is 9.89. The lowest BCUT2D eigenvalue weighted by atomic mass is 10.1. The zero-order valence-corrected chi connectivity index (χ0v) is 17.1. The normalized spacial score (nSPS) is 10.8. The van der Waals surface area contributed by atoms with E-state index >= 15 is 0 Å². The zero-order valence-electron chi connectivity index (χ0n) is 14.7. The fourth-order valence-electron chi connectivity index (χ4n) is 2.76. The smallest absolute Gasteiger partial charge is 0.126 e. The Morgan fingerprint density at radius 1 is 0.963 bits per heavy atom. The molecule has 0 unspecified atom stereocenters. The maximum Gasteiger partial charge on any atom is 0.126 e. The Bertz CT molecular complexity index is 903. The molecular weight excluding hydrogens is 429 g/mol. The van der Waals surface area contributed by atoms with Gasteiger partial charge in [-0.3, -0.25) is 0 Å². The van der Waals surface area contributed by atoms with Crippen LogP contribution in [-0.2, 0) is 19.6 Å². The Kier molecular flexibility index (Phi) is 7.27. The van der Waals surface area contributed by atoms with Crippen molar-refractivity contribution in [1.82, 2.24) is 5.32 Å². The molecule has 0 radical (unpaired) electrons. The second kappa shape index (κ2) is 9.88. The van der Waals surface area contributed by atoms with Gasteiger partial charge >= 0.3 is 0 Å². The van der Waals surface area contributed by atoms with Gasteiger partial charge in [-0.1, -0.05) is 57.9 Å². The summed E-state index contributed by atoms with van der Waals surface area (Å²) in [7, 11) is 0. The first-order chi connectivity index (χ1) is 13.1. The first-order valence-electron chi connectivity index (χ1n) is 8.71. The highest BCUT2D eigenvalue weighted by Crippen LogP contribution is 2.24. The van der Waals surface area contributed by atoms with Gasteiger partial charge in [-0.25, -0.2) is 4.39 Å². The zero-order chi connectivity index (χ0) is 19.1. The van der Waals surface area contributed by atoms with Crippen LogP contribution in [0.4, 0.5) is 4.39 Å². The Morgan fingerprint density at radius 3 is 2.63 bits per heavy atom. The maximum absolute atomic E-state index is 13.7. The van der Waals surface area contributed by atoms with Gasteiger partial charge in [-0.05, 0) is 60.5 Å². The molecular formula is C22H20BrClFNO. The van der Waals surface area contributed by atoms with Crippen LogP contribution in [0.25, 0.3) is 0 Å². The molecule has 0 aliphatic rings. The predicted octanol–water partition coefficient (Wildman–Crippen LogP) is 6.15. The van der Waals surface area contributed by atoms with Crippen LogP contribution in [0.5, 0.6) is 5.75 Å². The van der Waals surface area contributed by atoms with Crippen molar-refractivity contribution in [1.29, 1.82) is 0 Å². The number of nitrogens with one attached hydrogen (secondary N) is 1. The van der Waals surface area contributed by atoms with Gasteiger partial charge in [0.1, 0.15) is 18.2 Å². The third-order valence-corrected chi connectivity index (χ3v) is 4.88. The van der Waals surface area contributed by atoms with E-state index in [2.05, 4.69) is 21.2 Å². The van der Waals surface area contributed by atoms with E-state index in [1.54, 1.807) is 6.07 Å². The van der Waals surface area contributed by atoms with E-state index in [0.29, 0.717) is 31.1 Å². The first kappa shape index (κ1) is 19.9. The summed E-state index contributed by atoms with van der Waals surface area (Å²) in [6, 6.07) is 20.4. The van der Waals surface area contributed by atoms with Crippen LogP contribution in [-0.4, -0.2) is 6.54 Å². The minimum absolute atomic E-state index is 0.160. The molecule has 140 valence electrons. The average molecular weight is 449 g/mol. The van der Waals surface area contributed by atoms with Crippen molar-refractivity contribution < 1.29 is 9.13 Å². The van der Waals surface area contributed by atoms with Crippen LogP contribution in [0.3, 0.4) is 0 Å². The van der Waals surface area contributed by atoms with Crippen molar-refractivity contribution in [3.8, 4) is 5.75 Å². The van der Waals surface area contributed by atoms with Gasteiger partial charge in [-0.15, -0.1) is 0 Å². The molecule has 0 saturated heterocycles. The van der Waals surface area contributed by atoms with E-state index < -0.39 is 0 Å². The van der Waals surface area contributed by atoms with Gasteiger partial charge in [0.05, 0.1) is 0 Å². The van der Waals surface area contributed by atoms with Crippen molar-refractivity contribution in [3.63, 3.8) is 0 Å². The fourth-order valence-corrected chi connectivity index (χ4v) is 3.38. The number of hydrogen-bond donors (Lipinski definition) is 1. The number of halogens is 3. The van der Waals surface area contributed by atoms with Crippen molar-refractivity contribution >= 4 is 27.5 Å². The molecule has 2 nitrogen and oxygen atoms in total. The highest BCUT2D eigenvalue weighted by molar-refractivity contribution is 9.10. The molecule has 3 rings (SSSR count). The second-order valence-corrected chi connectivity index (χ2v) is 7.54. The minimum atomic E-state index is -0.160. The summed E-state index contributed by atoms with van der Waals surface area (Å²) in [6.45, 7) is 1.77. The van der Waals surface area contributed by atoms with E-state index in [4.69, 9.17) is 16.3 Å². The van der Waals surface area contributed by atoms with Crippen LogP contribution in [0.15, 0.2) is 71.2 Å². The molecule has 3 aromatic carbocycles. The fraction of sp³-hybridized carbons (Fsp3) is 0.182. The Morgan fingerprint density at radius 2 is 1.81 bits per heavy atom. The van der Waals surface area contributed by atoms with E-state index in [1.165, 1.54) is 6.07 Å². The predicted molar refractivity (Wildman–Crippen MR) is 112 cm³/mol. The lowest BCUT2D eigenvalue weighted by molar-refractivity contribution is 0.302. The monoisotopic (exact) mass is 447 g/mol. The molecule has 0 saturated carbocycles. The molecule has 0 heterocycles. The molecule has 0 atom stereocenters.